The minimum atomic E-state index is -0.354. The summed E-state index contributed by atoms with van der Waals surface area (Å²) in [6.07, 6.45) is 3.67. The van der Waals surface area contributed by atoms with Gasteiger partial charge in [0.05, 0.1) is 19.8 Å². The zero-order valence-corrected chi connectivity index (χ0v) is 12.7. The normalized spacial score (nSPS) is 29.7. The zero-order valence-electron chi connectivity index (χ0n) is 11.2. The molecule has 0 N–H and O–H groups in total. The van der Waals surface area contributed by atoms with Crippen LogP contribution in [0.25, 0.3) is 0 Å². The fraction of sp³-hybridized carbons (Fsp3) is 0.923. The second-order valence-electron chi connectivity index (χ2n) is 5.86. The van der Waals surface area contributed by atoms with Crippen LogP contribution >= 0.6 is 15.9 Å². The number of esters is 1. The van der Waals surface area contributed by atoms with Crippen LogP contribution in [-0.2, 0) is 14.3 Å². The lowest BCUT2D eigenvalue weighted by Crippen LogP contribution is -2.34. The first kappa shape index (κ1) is 15.0. The van der Waals surface area contributed by atoms with Crippen molar-refractivity contribution in [1.82, 2.24) is 0 Å². The highest BCUT2D eigenvalue weighted by Gasteiger charge is 2.33. The number of carbonyl (C=O) groups is 1. The van der Waals surface area contributed by atoms with Gasteiger partial charge in [0.1, 0.15) is 4.83 Å². The summed E-state index contributed by atoms with van der Waals surface area (Å²) in [6, 6.07) is 0. The smallest absolute Gasteiger partial charge is 0.321 e. The molecule has 0 aromatic rings. The van der Waals surface area contributed by atoms with Crippen LogP contribution < -0.4 is 0 Å². The minimum Gasteiger partial charge on any atom is -0.468 e. The molecule has 17 heavy (non-hydrogen) atoms. The maximum absolute atomic E-state index is 11.2. The van der Waals surface area contributed by atoms with E-state index in [1.807, 2.05) is 0 Å². The predicted molar refractivity (Wildman–Crippen MR) is 71.3 cm³/mol. The van der Waals surface area contributed by atoms with Crippen molar-refractivity contribution in [3.63, 3.8) is 0 Å². The van der Waals surface area contributed by atoms with Crippen molar-refractivity contribution in [2.45, 2.75) is 51.0 Å². The van der Waals surface area contributed by atoms with Crippen LogP contribution in [0.4, 0.5) is 0 Å². The summed E-state index contributed by atoms with van der Waals surface area (Å²) in [5.41, 5.74) is 0.343. The van der Waals surface area contributed by atoms with Gasteiger partial charge in [0.2, 0.25) is 0 Å². The first-order valence-corrected chi connectivity index (χ1v) is 7.09. The van der Waals surface area contributed by atoms with E-state index in [0.29, 0.717) is 17.9 Å². The molecule has 100 valence electrons. The van der Waals surface area contributed by atoms with Crippen molar-refractivity contribution in [1.29, 1.82) is 0 Å². The van der Waals surface area contributed by atoms with Crippen molar-refractivity contribution in [3.05, 3.63) is 0 Å². The lowest BCUT2D eigenvalue weighted by molar-refractivity contribution is -0.141. The Bertz CT molecular complexity index is 265. The maximum Gasteiger partial charge on any atom is 0.321 e. The van der Waals surface area contributed by atoms with Gasteiger partial charge in [-0.25, -0.2) is 0 Å². The number of halogens is 1. The molecule has 1 saturated carbocycles. The van der Waals surface area contributed by atoms with Crippen LogP contribution in [0.1, 0.15) is 40.0 Å². The summed E-state index contributed by atoms with van der Waals surface area (Å²) >= 11 is 3.27. The second kappa shape index (κ2) is 6.19. The highest BCUT2D eigenvalue weighted by Crippen LogP contribution is 2.39. The lowest BCUT2D eigenvalue weighted by atomic mass is 9.71. The Balaban J connectivity index is 2.39. The molecule has 0 saturated heterocycles. The summed E-state index contributed by atoms with van der Waals surface area (Å²) < 4.78 is 10.5. The first-order chi connectivity index (χ1) is 7.84. The minimum absolute atomic E-state index is 0.262. The molecule has 0 bridgehead atoms. The average molecular weight is 307 g/mol. The molecule has 0 heterocycles. The Morgan fingerprint density at radius 3 is 2.65 bits per heavy atom. The van der Waals surface area contributed by atoms with Gasteiger partial charge in [0.15, 0.2) is 0 Å². The Hall–Kier alpha value is -0.0900. The van der Waals surface area contributed by atoms with Gasteiger partial charge in [-0.05, 0) is 30.6 Å². The van der Waals surface area contributed by atoms with Crippen LogP contribution in [0.2, 0.25) is 0 Å². The maximum atomic E-state index is 11.2. The fourth-order valence-electron chi connectivity index (χ4n) is 2.80. The Labute approximate surface area is 112 Å². The van der Waals surface area contributed by atoms with Crippen LogP contribution in [0.15, 0.2) is 0 Å². The van der Waals surface area contributed by atoms with Gasteiger partial charge < -0.3 is 9.47 Å². The third kappa shape index (κ3) is 4.96. The molecule has 1 aliphatic rings. The predicted octanol–water partition coefficient (Wildman–Crippen LogP) is 3.15. The SMILES string of the molecule is COC(=O)C(Br)COC1CC(C)CC(C)(C)C1. The van der Waals surface area contributed by atoms with E-state index < -0.39 is 0 Å². The van der Waals surface area contributed by atoms with E-state index in [4.69, 9.17) is 4.74 Å². The van der Waals surface area contributed by atoms with Crippen molar-refractivity contribution >= 4 is 21.9 Å². The van der Waals surface area contributed by atoms with Gasteiger partial charge >= 0.3 is 5.97 Å². The standard InChI is InChI=1S/C13H23BrO3/c1-9-5-10(7-13(2,3)6-9)17-8-11(14)12(15)16-4/h9-11H,5-8H2,1-4H3. The number of carbonyl (C=O) groups excluding carboxylic acids is 1. The monoisotopic (exact) mass is 306 g/mol. The molecule has 3 unspecified atom stereocenters. The average Bonchev–Trinajstić information content (AvgIpc) is 2.22. The van der Waals surface area contributed by atoms with Crippen LogP contribution in [0.5, 0.6) is 0 Å². The molecule has 3 atom stereocenters. The molecule has 1 fully saturated rings. The van der Waals surface area contributed by atoms with Gasteiger partial charge in [-0.2, -0.15) is 0 Å². The number of rotatable bonds is 4. The van der Waals surface area contributed by atoms with E-state index in [2.05, 4.69) is 41.4 Å². The number of alkyl halides is 1. The van der Waals surface area contributed by atoms with Crippen LogP contribution in [0, 0.1) is 11.3 Å². The zero-order chi connectivity index (χ0) is 13.1. The van der Waals surface area contributed by atoms with E-state index in [1.54, 1.807) is 0 Å². The Kier molecular flexibility index (Phi) is 5.45. The molecule has 3 nitrogen and oxygen atoms in total. The molecule has 0 aromatic carbocycles. The molecular weight excluding hydrogens is 284 g/mol. The van der Waals surface area contributed by atoms with Gasteiger partial charge in [0, 0.05) is 0 Å². The van der Waals surface area contributed by atoms with Gasteiger partial charge in [-0.15, -0.1) is 0 Å². The second-order valence-corrected chi connectivity index (χ2v) is 6.96. The summed E-state index contributed by atoms with van der Waals surface area (Å²) in [5, 5.41) is 0. The van der Waals surface area contributed by atoms with Crippen LogP contribution in [0.3, 0.4) is 0 Å². The van der Waals surface area contributed by atoms with E-state index in [1.165, 1.54) is 13.5 Å². The quantitative estimate of drug-likeness (QED) is 0.591. The van der Waals surface area contributed by atoms with Crippen molar-refractivity contribution in [2.24, 2.45) is 11.3 Å². The number of hydrogen-bond acceptors (Lipinski definition) is 3. The van der Waals surface area contributed by atoms with Crippen LogP contribution in [-0.4, -0.2) is 30.6 Å². The van der Waals surface area contributed by atoms with Gasteiger partial charge in [0.25, 0.3) is 0 Å². The van der Waals surface area contributed by atoms with Crippen molar-refractivity contribution in [3.8, 4) is 0 Å². The first-order valence-electron chi connectivity index (χ1n) is 6.17. The Morgan fingerprint density at radius 2 is 2.12 bits per heavy atom. The summed E-state index contributed by atoms with van der Waals surface area (Å²) in [6.45, 7) is 7.22. The number of hydrogen-bond donors (Lipinski definition) is 0. The number of ether oxygens (including phenoxy) is 2. The van der Waals surface area contributed by atoms with Crippen molar-refractivity contribution < 1.29 is 14.3 Å². The molecule has 0 spiro atoms. The topological polar surface area (TPSA) is 35.5 Å². The highest BCUT2D eigenvalue weighted by atomic mass is 79.9. The highest BCUT2D eigenvalue weighted by molar-refractivity contribution is 9.10. The lowest BCUT2D eigenvalue weighted by Gasteiger charge is -2.38. The summed E-state index contributed by atoms with van der Waals surface area (Å²) in [7, 11) is 1.39. The van der Waals surface area contributed by atoms with E-state index in [-0.39, 0.29) is 16.9 Å². The van der Waals surface area contributed by atoms with Crippen molar-refractivity contribution in [2.75, 3.05) is 13.7 Å². The molecule has 4 heteroatoms. The number of methoxy groups -OCH3 is 1. The molecule has 0 amide bonds. The summed E-state index contributed by atoms with van der Waals surface area (Å²) in [4.78, 5) is 10.9. The largest absolute Gasteiger partial charge is 0.468 e. The van der Waals surface area contributed by atoms with E-state index in [0.717, 1.165) is 12.8 Å². The third-order valence-corrected chi connectivity index (χ3v) is 3.92. The van der Waals surface area contributed by atoms with Gasteiger partial charge in [-0.1, -0.05) is 36.7 Å². The molecular formula is C13H23BrO3. The molecule has 0 aromatic heterocycles. The molecule has 0 radical (unpaired) electrons. The molecule has 0 aliphatic heterocycles. The van der Waals surface area contributed by atoms with Gasteiger partial charge in [-0.3, -0.25) is 4.79 Å². The fourth-order valence-corrected chi connectivity index (χ4v) is 3.14. The van der Waals surface area contributed by atoms with E-state index >= 15 is 0 Å². The summed E-state index contributed by atoms with van der Waals surface area (Å²) in [5.74, 6) is 0.420. The third-order valence-electron chi connectivity index (χ3n) is 3.28. The Morgan fingerprint density at radius 1 is 1.47 bits per heavy atom. The van der Waals surface area contributed by atoms with E-state index in [9.17, 15) is 4.79 Å². The molecule has 1 rings (SSSR count). The molecule has 1 aliphatic carbocycles.